The Morgan fingerprint density at radius 3 is 2.71 bits per heavy atom. The van der Waals surface area contributed by atoms with Crippen LogP contribution in [0.1, 0.15) is 0 Å². The third-order valence-electron chi connectivity index (χ3n) is 4.41. The molecule has 0 fully saturated rings. The molecule has 186 valence electrons. The number of methoxy groups -OCH3 is 1. The third-order valence-corrected chi connectivity index (χ3v) is 4.67. The predicted octanol–water partition coefficient (Wildman–Crippen LogP) is 1.91. The number of anilines is 3. The van der Waals surface area contributed by atoms with E-state index in [0.29, 0.717) is 42.6 Å². The highest BCUT2D eigenvalue weighted by molar-refractivity contribution is 6.31. The van der Waals surface area contributed by atoms with E-state index in [4.69, 9.17) is 25.8 Å². The van der Waals surface area contributed by atoms with Gasteiger partial charge in [0.1, 0.15) is 29.2 Å². The molecule has 1 aromatic carbocycles. The van der Waals surface area contributed by atoms with E-state index >= 15 is 0 Å². The molecule has 1 aromatic heterocycles. The Labute approximate surface area is 204 Å². The molecule has 0 aliphatic carbocycles. The van der Waals surface area contributed by atoms with Crippen molar-refractivity contribution in [2.24, 2.45) is 0 Å². The van der Waals surface area contributed by atoms with E-state index in [1.807, 2.05) is 19.0 Å². The van der Waals surface area contributed by atoms with Crippen molar-refractivity contribution in [1.82, 2.24) is 20.2 Å². The lowest BCUT2D eigenvalue weighted by molar-refractivity contribution is -0.111. The first kappa shape index (κ1) is 27.1. The summed E-state index contributed by atoms with van der Waals surface area (Å²) in [5.74, 6) is 0.739. The number of aromatic nitrogens is 2. The number of amides is 1. The van der Waals surface area contributed by atoms with Gasteiger partial charge in [0.15, 0.2) is 0 Å². The lowest BCUT2D eigenvalue weighted by atomic mass is 10.2. The third kappa shape index (κ3) is 8.03. The highest BCUT2D eigenvalue weighted by Gasteiger charge is 2.17. The summed E-state index contributed by atoms with van der Waals surface area (Å²) in [6, 6.07) is 3.29. The molecule has 0 saturated carbocycles. The van der Waals surface area contributed by atoms with E-state index in [0.717, 1.165) is 6.08 Å². The SMILES string of the molecule is C=CC(=O)Nc1cc(Nc2ncc(Cl)c(OC(CO)CNC)n2)c(OC)cc1OCCN(C)C. The van der Waals surface area contributed by atoms with Crippen molar-refractivity contribution in [3.05, 3.63) is 36.0 Å². The van der Waals surface area contributed by atoms with Crippen molar-refractivity contribution >= 4 is 34.8 Å². The van der Waals surface area contributed by atoms with Gasteiger partial charge >= 0.3 is 0 Å². The maximum absolute atomic E-state index is 12.0. The number of halogens is 1. The summed E-state index contributed by atoms with van der Waals surface area (Å²) < 4.78 is 17.0. The van der Waals surface area contributed by atoms with Crippen molar-refractivity contribution in [2.45, 2.75) is 6.10 Å². The molecule has 0 aliphatic heterocycles. The minimum Gasteiger partial charge on any atom is -0.494 e. The summed E-state index contributed by atoms with van der Waals surface area (Å²) in [6.07, 6.45) is 2.00. The van der Waals surface area contributed by atoms with Crippen molar-refractivity contribution < 1.29 is 24.1 Å². The van der Waals surface area contributed by atoms with Gasteiger partial charge in [-0.3, -0.25) is 4.79 Å². The zero-order valence-electron chi connectivity index (χ0n) is 19.7. The van der Waals surface area contributed by atoms with Gasteiger partial charge in [-0.2, -0.15) is 4.98 Å². The number of aliphatic hydroxyl groups is 1. The number of aliphatic hydroxyl groups excluding tert-OH is 1. The second-order valence-corrected chi connectivity index (χ2v) is 7.75. The summed E-state index contributed by atoms with van der Waals surface area (Å²) in [5, 5.41) is 18.4. The largest absolute Gasteiger partial charge is 0.494 e. The fraction of sp³-hybridized carbons (Fsp3) is 0.409. The van der Waals surface area contributed by atoms with Crippen molar-refractivity contribution in [2.75, 3.05) is 65.2 Å². The first-order valence-electron chi connectivity index (χ1n) is 10.5. The predicted molar refractivity (Wildman–Crippen MR) is 132 cm³/mol. The summed E-state index contributed by atoms with van der Waals surface area (Å²) in [7, 11) is 7.11. The molecule has 1 atom stereocenters. The number of nitrogens with one attached hydrogen (secondary N) is 3. The van der Waals surface area contributed by atoms with Gasteiger partial charge in [0.25, 0.3) is 0 Å². The van der Waals surface area contributed by atoms with Crippen LogP contribution in [0, 0.1) is 0 Å². The normalized spacial score (nSPS) is 11.6. The zero-order chi connectivity index (χ0) is 25.1. The van der Waals surface area contributed by atoms with Gasteiger partial charge in [-0.25, -0.2) is 4.98 Å². The lowest BCUT2D eigenvalue weighted by Gasteiger charge is -2.19. The number of hydrogen-bond donors (Lipinski definition) is 4. The second-order valence-electron chi connectivity index (χ2n) is 7.35. The number of carbonyl (C=O) groups excluding carboxylic acids is 1. The molecule has 2 rings (SSSR count). The number of nitrogens with zero attached hydrogens (tertiary/aromatic N) is 3. The summed E-state index contributed by atoms with van der Waals surface area (Å²) in [5.41, 5.74) is 0.871. The van der Waals surface area contributed by atoms with Crippen molar-refractivity contribution in [1.29, 1.82) is 0 Å². The van der Waals surface area contributed by atoms with Gasteiger partial charge in [-0.1, -0.05) is 18.2 Å². The Kier molecular flexibility index (Phi) is 10.8. The van der Waals surface area contributed by atoms with Gasteiger partial charge in [-0.15, -0.1) is 0 Å². The van der Waals surface area contributed by atoms with E-state index in [-0.39, 0.29) is 23.5 Å². The Morgan fingerprint density at radius 1 is 1.32 bits per heavy atom. The first-order valence-corrected chi connectivity index (χ1v) is 10.8. The van der Waals surface area contributed by atoms with E-state index in [2.05, 4.69) is 32.5 Å². The molecule has 0 radical (unpaired) electrons. The van der Waals surface area contributed by atoms with Crippen LogP contribution in [0.25, 0.3) is 0 Å². The molecule has 4 N–H and O–H groups in total. The average Bonchev–Trinajstić information content (AvgIpc) is 2.81. The lowest BCUT2D eigenvalue weighted by Crippen LogP contribution is -2.32. The van der Waals surface area contributed by atoms with Crippen LogP contribution in [-0.2, 0) is 4.79 Å². The van der Waals surface area contributed by atoms with Crippen molar-refractivity contribution in [3.8, 4) is 17.4 Å². The van der Waals surface area contributed by atoms with Gasteiger partial charge < -0.3 is 40.2 Å². The number of rotatable bonds is 14. The van der Waals surface area contributed by atoms with Gasteiger partial charge in [0.05, 0.1) is 31.3 Å². The van der Waals surface area contributed by atoms with Crippen LogP contribution in [0.5, 0.6) is 17.4 Å². The molecule has 1 heterocycles. The fourth-order valence-electron chi connectivity index (χ4n) is 2.71. The smallest absolute Gasteiger partial charge is 0.247 e. The number of likely N-dealkylation sites (N-methyl/N-ethyl adjacent to an activating group) is 2. The number of ether oxygens (including phenoxy) is 3. The first-order chi connectivity index (χ1) is 16.3. The van der Waals surface area contributed by atoms with Crippen LogP contribution >= 0.6 is 11.6 Å². The van der Waals surface area contributed by atoms with Crippen LogP contribution < -0.4 is 30.2 Å². The molecule has 11 nitrogen and oxygen atoms in total. The van der Waals surface area contributed by atoms with Gasteiger partial charge in [-0.05, 0) is 33.3 Å². The maximum atomic E-state index is 12.0. The number of hydrogen-bond acceptors (Lipinski definition) is 10. The second kappa shape index (κ2) is 13.6. The van der Waals surface area contributed by atoms with Crippen LogP contribution in [0.3, 0.4) is 0 Å². The Balaban J connectivity index is 2.36. The molecular formula is C22H31ClN6O5. The number of benzene rings is 1. The van der Waals surface area contributed by atoms with Crippen LogP contribution in [-0.4, -0.2) is 86.5 Å². The molecule has 1 unspecified atom stereocenters. The monoisotopic (exact) mass is 494 g/mol. The summed E-state index contributed by atoms with van der Waals surface area (Å²) in [6.45, 7) is 4.75. The highest BCUT2D eigenvalue weighted by Crippen LogP contribution is 2.38. The molecule has 34 heavy (non-hydrogen) atoms. The zero-order valence-corrected chi connectivity index (χ0v) is 20.5. The van der Waals surface area contributed by atoms with E-state index in [9.17, 15) is 9.90 Å². The van der Waals surface area contributed by atoms with Crippen LogP contribution in [0.4, 0.5) is 17.3 Å². The topological polar surface area (TPSA) is 130 Å². The summed E-state index contributed by atoms with van der Waals surface area (Å²) >= 11 is 6.17. The molecule has 0 aliphatic rings. The Hall–Kier alpha value is -3.12. The Bertz CT molecular complexity index is 975. The van der Waals surface area contributed by atoms with Crippen LogP contribution in [0.2, 0.25) is 5.02 Å². The van der Waals surface area contributed by atoms with E-state index in [1.165, 1.54) is 13.3 Å². The van der Waals surface area contributed by atoms with Crippen LogP contribution in [0.15, 0.2) is 31.0 Å². The fourth-order valence-corrected chi connectivity index (χ4v) is 2.85. The minimum atomic E-state index is -0.542. The van der Waals surface area contributed by atoms with E-state index in [1.54, 1.807) is 19.2 Å². The molecule has 0 bridgehead atoms. The van der Waals surface area contributed by atoms with Gasteiger partial charge in [0, 0.05) is 19.2 Å². The molecule has 0 saturated heterocycles. The molecule has 1 amide bonds. The molecule has 0 spiro atoms. The molecule has 2 aromatic rings. The maximum Gasteiger partial charge on any atom is 0.247 e. The minimum absolute atomic E-state index is 0.108. The molecule has 12 heteroatoms. The van der Waals surface area contributed by atoms with Crippen molar-refractivity contribution in [3.63, 3.8) is 0 Å². The number of carbonyl (C=O) groups is 1. The highest BCUT2D eigenvalue weighted by atomic mass is 35.5. The molecular weight excluding hydrogens is 464 g/mol. The quantitative estimate of drug-likeness (QED) is 0.289. The standard InChI is InChI=1S/C22H31ClN6O5/c1-6-20(31)26-17-9-16(18(32-5)10-19(17)33-8-7-29(3)4)27-22-25-12-15(23)21(28-22)34-14(13-30)11-24-2/h6,9-10,12,14,24,30H,1,7-8,11,13H2,2-5H3,(H,26,31)(H,25,27,28). The van der Waals surface area contributed by atoms with E-state index < -0.39 is 12.0 Å². The average molecular weight is 495 g/mol. The Morgan fingerprint density at radius 2 is 2.09 bits per heavy atom. The summed E-state index contributed by atoms with van der Waals surface area (Å²) in [4.78, 5) is 22.4. The van der Waals surface area contributed by atoms with Gasteiger partial charge in [0.2, 0.25) is 17.7 Å².